The zero-order chi connectivity index (χ0) is 7.72. The summed E-state index contributed by atoms with van der Waals surface area (Å²) < 4.78 is 1.20. The molecule has 1 aromatic heterocycles. The molecule has 0 aliphatic heterocycles. The second kappa shape index (κ2) is 2.06. The predicted molar refractivity (Wildman–Crippen MR) is 34.0 cm³/mol. The summed E-state index contributed by atoms with van der Waals surface area (Å²) in [5.74, 6) is -1.08. The molecular formula is C6H7NO3. The zero-order valence-electron chi connectivity index (χ0n) is 5.40. The molecule has 1 heterocycles. The summed E-state index contributed by atoms with van der Waals surface area (Å²) in [6.45, 7) is 0. The van der Waals surface area contributed by atoms with Gasteiger partial charge in [-0.05, 0) is 6.07 Å². The predicted octanol–water partition coefficient (Wildman–Crippen LogP) is 0.429. The van der Waals surface area contributed by atoms with Gasteiger partial charge in [0.05, 0.1) is 0 Å². The third-order valence-corrected chi connectivity index (χ3v) is 1.31. The molecule has 1 rings (SSSR count). The average molecular weight is 141 g/mol. The summed E-state index contributed by atoms with van der Waals surface area (Å²) in [5.41, 5.74) is 0.0810. The molecule has 10 heavy (non-hydrogen) atoms. The Kier molecular flexibility index (Phi) is 1.37. The topological polar surface area (TPSA) is 62.5 Å². The van der Waals surface area contributed by atoms with Crippen molar-refractivity contribution in [2.75, 3.05) is 0 Å². The Morgan fingerprint density at radius 3 is 2.40 bits per heavy atom. The molecule has 0 aromatic carbocycles. The van der Waals surface area contributed by atoms with Crippen molar-refractivity contribution in [3.05, 3.63) is 17.8 Å². The second-order valence-corrected chi connectivity index (χ2v) is 1.94. The lowest BCUT2D eigenvalue weighted by atomic mass is 10.4. The fourth-order valence-corrected chi connectivity index (χ4v) is 0.715. The van der Waals surface area contributed by atoms with Gasteiger partial charge in [0.1, 0.15) is 5.69 Å². The van der Waals surface area contributed by atoms with Crippen LogP contribution in [-0.2, 0) is 7.05 Å². The number of aromatic nitrogens is 1. The summed E-state index contributed by atoms with van der Waals surface area (Å²) in [6.07, 6.45) is 0. The molecule has 54 valence electrons. The number of hydrogen-bond donors (Lipinski definition) is 2. The quantitative estimate of drug-likeness (QED) is 0.596. The Morgan fingerprint density at radius 1 is 1.60 bits per heavy atom. The molecule has 0 atom stereocenters. The summed E-state index contributed by atoms with van der Waals surface area (Å²) in [5, 5.41) is 17.3. The summed E-state index contributed by atoms with van der Waals surface area (Å²) in [4.78, 5) is 10.3. The molecule has 0 bridgehead atoms. The van der Waals surface area contributed by atoms with Gasteiger partial charge in [0, 0.05) is 13.1 Å². The summed E-state index contributed by atoms with van der Waals surface area (Å²) in [6, 6.07) is 2.68. The van der Waals surface area contributed by atoms with Crippen LogP contribution in [0.3, 0.4) is 0 Å². The Morgan fingerprint density at radius 2 is 2.20 bits per heavy atom. The van der Waals surface area contributed by atoms with E-state index >= 15 is 0 Å². The molecule has 0 spiro atoms. The first-order valence-electron chi connectivity index (χ1n) is 2.71. The van der Waals surface area contributed by atoms with E-state index in [9.17, 15) is 4.79 Å². The molecule has 0 unspecified atom stereocenters. The SMILES string of the molecule is Cn1c(O)ccc1C(=O)O. The molecule has 2 N–H and O–H groups in total. The number of carbonyl (C=O) groups is 1. The highest BCUT2D eigenvalue weighted by Crippen LogP contribution is 2.11. The maximum atomic E-state index is 10.3. The van der Waals surface area contributed by atoms with Crippen molar-refractivity contribution in [3.63, 3.8) is 0 Å². The number of rotatable bonds is 1. The van der Waals surface area contributed by atoms with Gasteiger partial charge < -0.3 is 14.8 Å². The van der Waals surface area contributed by atoms with Crippen molar-refractivity contribution in [1.29, 1.82) is 0 Å². The molecule has 0 fully saturated rings. The molecule has 0 aliphatic rings. The number of hydrogen-bond acceptors (Lipinski definition) is 2. The van der Waals surface area contributed by atoms with Crippen LogP contribution in [0.25, 0.3) is 0 Å². The number of nitrogens with zero attached hydrogens (tertiary/aromatic N) is 1. The normalized spacial score (nSPS) is 9.70. The van der Waals surface area contributed by atoms with Gasteiger partial charge in [0.2, 0.25) is 0 Å². The van der Waals surface area contributed by atoms with Crippen molar-refractivity contribution in [2.45, 2.75) is 0 Å². The maximum Gasteiger partial charge on any atom is 0.352 e. The molecule has 0 amide bonds. The molecule has 0 saturated heterocycles. The highest BCUT2D eigenvalue weighted by molar-refractivity contribution is 5.86. The van der Waals surface area contributed by atoms with Crippen LogP contribution in [0.1, 0.15) is 10.5 Å². The van der Waals surface area contributed by atoms with Crippen LogP contribution in [0.5, 0.6) is 5.88 Å². The molecule has 0 aliphatic carbocycles. The Hall–Kier alpha value is -1.45. The van der Waals surface area contributed by atoms with Crippen LogP contribution in [0.4, 0.5) is 0 Å². The van der Waals surface area contributed by atoms with Crippen molar-refractivity contribution in [2.24, 2.45) is 7.05 Å². The molecule has 0 saturated carbocycles. The molecule has 0 radical (unpaired) electrons. The number of aromatic hydroxyl groups is 1. The standard InChI is InChI=1S/C6H7NO3/c1-7-4(6(9)10)2-3-5(7)8/h2-3,8H,1H3,(H,9,10). The Balaban J connectivity index is 3.17. The van der Waals surface area contributed by atoms with Crippen molar-refractivity contribution < 1.29 is 15.0 Å². The van der Waals surface area contributed by atoms with Gasteiger partial charge in [-0.2, -0.15) is 0 Å². The Labute approximate surface area is 57.3 Å². The summed E-state index contributed by atoms with van der Waals surface area (Å²) >= 11 is 0. The van der Waals surface area contributed by atoms with Gasteiger partial charge in [-0.15, -0.1) is 0 Å². The van der Waals surface area contributed by atoms with Crippen LogP contribution in [0.15, 0.2) is 12.1 Å². The number of carboxylic acids is 1. The molecule has 1 aromatic rings. The first kappa shape index (κ1) is 6.67. The fourth-order valence-electron chi connectivity index (χ4n) is 0.715. The highest BCUT2D eigenvalue weighted by atomic mass is 16.4. The lowest BCUT2D eigenvalue weighted by Crippen LogP contribution is -2.03. The number of carboxylic acid groups (broad SMARTS) is 1. The first-order valence-corrected chi connectivity index (χ1v) is 2.71. The fraction of sp³-hybridized carbons (Fsp3) is 0.167. The van der Waals surface area contributed by atoms with Gasteiger partial charge in [-0.25, -0.2) is 4.79 Å². The van der Waals surface area contributed by atoms with E-state index < -0.39 is 5.97 Å². The average Bonchev–Trinajstić information content (AvgIpc) is 2.14. The van der Waals surface area contributed by atoms with Crippen molar-refractivity contribution in [3.8, 4) is 5.88 Å². The van der Waals surface area contributed by atoms with E-state index in [1.54, 1.807) is 0 Å². The summed E-state index contributed by atoms with van der Waals surface area (Å²) in [7, 11) is 1.48. The van der Waals surface area contributed by atoms with E-state index in [1.165, 1.54) is 23.7 Å². The van der Waals surface area contributed by atoms with Gasteiger partial charge in [-0.3, -0.25) is 0 Å². The van der Waals surface area contributed by atoms with Crippen LogP contribution in [-0.4, -0.2) is 20.7 Å². The zero-order valence-corrected chi connectivity index (χ0v) is 5.40. The highest BCUT2D eigenvalue weighted by Gasteiger charge is 2.08. The van der Waals surface area contributed by atoms with E-state index in [0.29, 0.717) is 0 Å². The van der Waals surface area contributed by atoms with Gasteiger partial charge in [0.25, 0.3) is 0 Å². The minimum Gasteiger partial charge on any atom is -0.494 e. The third-order valence-electron chi connectivity index (χ3n) is 1.31. The van der Waals surface area contributed by atoms with Gasteiger partial charge in [-0.1, -0.05) is 0 Å². The molecular weight excluding hydrogens is 134 g/mol. The van der Waals surface area contributed by atoms with Gasteiger partial charge >= 0.3 is 5.97 Å². The third kappa shape index (κ3) is 0.834. The van der Waals surface area contributed by atoms with Crippen molar-refractivity contribution >= 4 is 5.97 Å². The largest absolute Gasteiger partial charge is 0.494 e. The molecule has 4 nitrogen and oxygen atoms in total. The van der Waals surface area contributed by atoms with E-state index in [-0.39, 0.29) is 11.6 Å². The van der Waals surface area contributed by atoms with Gasteiger partial charge in [0.15, 0.2) is 5.88 Å². The lowest BCUT2D eigenvalue weighted by Gasteiger charge is -1.96. The second-order valence-electron chi connectivity index (χ2n) is 1.94. The molecule has 4 heteroatoms. The minimum absolute atomic E-state index is 0.0441. The van der Waals surface area contributed by atoms with Crippen LogP contribution < -0.4 is 0 Å². The van der Waals surface area contributed by atoms with E-state index in [1.807, 2.05) is 0 Å². The van der Waals surface area contributed by atoms with Crippen LogP contribution in [0.2, 0.25) is 0 Å². The first-order chi connectivity index (χ1) is 4.63. The van der Waals surface area contributed by atoms with E-state index in [4.69, 9.17) is 10.2 Å². The minimum atomic E-state index is -1.04. The maximum absolute atomic E-state index is 10.3. The van der Waals surface area contributed by atoms with Crippen molar-refractivity contribution in [1.82, 2.24) is 4.57 Å². The monoisotopic (exact) mass is 141 g/mol. The Bertz CT molecular complexity index is 264. The number of aromatic carboxylic acids is 1. The van der Waals surface area contributed by atoms with Crippen LogP contribution >= 0.6 is 0 Å². The van der Waals surface area contributed by atoms with E-state index in [2.05, 4.69) is 0 Å². The lowest BCUT2D eigenvalue weighted by molar-refractivity contribution is 0.0685. The van der Waals surface area contributed by atoms with Crippen LogP contribution in [0, 0.1) is 0 Å². The smallest absolute Gasteiger partial charge is 0.352 e. The van der Waals surface area contributed by atoms with E-state index in [0.717, 1.165) is 0 Å².